The molecule has 2 aromatic carbocycles. The normalized spacial score (nSPS) is 16.0. The molecule has 0 saturated heterocycles. The van der Waals surface area contributed by atoms with Gasteiger partial charge in [0.2, 0.25) is 0 Å². The van der Waals surface area contributed by atoms with Crippen molar-refractivity contribution in [1.29, 1.82) is 0 Å². The molecular formula is C22H19NOS. The molecule has 124 valence electrons. The lowest BCUT2D eigenvalue weighted by Crippen LogP contribution is -2.14. The van der Waals surface area contributed by atoms with Gasteiger partial charge in [0.1, 0.15) is 12.4 Å². The van der Waals surface area contributed by atoms with E-state index >= 15 is 0 Å². The van der Waals surface area contributed by atoms with Crippen LogP contribution >= 0.6 is 11.3 Å². The average molecular weight is 345 g/mol. The van der Waals surface area contributed by atoms with Crippen LogP contribution in [0.3, 0.4) is 0 Å². The number of aliphatic imine (C=N–C) groups is 1. The Kier molecular flexibility index (Phi) is 4.49. The summed E-state index contributed by atoms with van der Waals surface area (Å²) >= 11 is 1.71. The molecule has 0 saturated carbocycles. The Morgan fingerprint density at radius 2 is 2.04 bits per heavy atom. The number of ether oxygens (including phenoxy) is 1. The van der Waals surface area contributed by atoms with E-state index in [4.69, 9.17) is 9.73 Å². The first-order chi connectivity index (χ1) is 12.3. The van der Waals surface area contributed by atoms with Crippen LogP contribution in [0.15, 0.2) is 83.0 Å². The second-order valence-electron chi connectivity index (χ2n) is 6.09. The van der Waals surface area contributed by atoms with E-state index in [1.54, 1.807) is 11.3 Å². The van der Waals surface area contributed by atoms with Gasteiger partial charge in [0.15, 0.2) is 0 Å². The Balaban J connectivity index is 1.58. The van der Waals surface area contributed by atoms with E-state index < -0.39 is 0 Å². The monoisotopic (exact) mass is 345 g/mol. The van der Waals surface area contributed by atoms with Crippen LogP contribution in [0.1, 0.15) is 28.3 Å². The molecule has 0 bridgehead atoms. The van der Waals surface area contributed by atoms with E-state index in [0.717, 1.165) is 23.4 Å². The van der Waals surface area contributed by atoms with Crippen LogP contribution in [-0.2, 0) is 13.0 Å². The summed E-state index contributed by atoms with van der Waals surface area (Å²) in [7, 11) is 0. The molecule has 0 N–H and O–H groups in total. The van der Waals surface area contributed by atoms with Crippen molar-refractivity contribution in [2.24, 2.45) is 4.99 Å². The van der Waals surface area contributed by atoms with Gasteiger partial charge in [-0.3, -0.25) is 4.99 Å². The quantitative estimate of drug-likeness (QED) is 0.590. The summed E-state index contributed by atoms with van der Waals surface area (Å²) in [6.07, 6.45) is 2.74. The van der Waals surface area contributed by atoms with E-state index in [1.165, 1.54) is 16.7 Å². The highest BCUT2D eigenvalue weighted by Gasteiger charge is 2.21. The first kappa shape index (κ1) is 15.9. The van der Waals surface area contributed by atoms with Crippen molar-refractivity contribution in [3.05, 3.63) is 100 Å². The largest absolute Gasteiger partial charge is 0.489 e. The van der Waals surface area contributed by atoms with Crippen molar-refractivity contribution < 1.29 is 4.74 Å². The molecule has 3 heteroatoms. The summed E-state index contributed by atoms with van der Waals surface area (Å²) in [6, 6.07) is 18.8. The van der Waals surface area contributed by atoms with Crippen molar-refractivity contribution in [2.45, 2.75) is 19.1 Å². The highest BCUT2D eigenvalue weighted by molar-refractivity contribution is 7.08. The smallest absolute Gasteiger partial charge is 0.120 e. The van der Waals surface area contributed by atoms with E-state index in [0.29, 0.717) is 6.61 Å². The van der Waals surface area contributed by atoms with Gasteiger partial charge in [0.05, 0.1) is 11.8 Å². The molecule has 2 heterocycles. The predicted octanol–water partition coefficient (Wildman–Crippen LogP) is 5.60. The number of rotatable bonds is 5. The van der Waals surface area contributed by atoms with Crippen molar-refractivity contribution in [1.82, 2.24) is 0 Å². The predicted molar refractivity (Wildman–Crippen MR) is 105 cm³/mol. The summed E-state index contributed by atoms with van der Waals surface area (Å²) in [4.78, 5) is 4.87. The van der Waals surface area contributed by atoms with E-state index in [-0.39, 0.29) is 6.04 Å². The molecule has 0 spiro atoms. The van der Waals surface area contributed by atoms with Gasteiger partial charge in [-0.1, -0.05) is 36.9 Å². The van der Waals surface area contributed by atoms with Gasteiger partial charge >= 0.3 is 0 Å². The first-order valence-electron chi connectivity index (χ1n) is 8.36. The van der Waals surface area contributed by atoms with Crippen molar-refractivity contribution in [2.75, 3.05) is 0 Å². The van der Waals surface area contributed by atoms with Crippen molar-refractivity contribution >= 4 is 17.0 Å². The SMILES string of the molecule is C=CC1=NC(c2ccsc2)Cc2cc(OCc3ccccc3)ccc21. The van der Waals surface area contributed by atoms with Crippen LogP contribution in [0.25, 0.3) is 0 Å². The van der Waals surface area contributed by atoms with Crippen molar-refractivity contribution in [3.8, 4) is 5.75 Å². The highest BCUT2D eigenvalue weighted by atomic mass is 32.1. The standard InChI is InChI=1S/C22H19NOS/c1-2-21-20-9-8-19(24-14-16-6-4-3-5-7-16)12-18(20)13-22(23-21)17-10-11-25-15-17/h2-12,15,22H,1,13-14H2. The van der Waals surface area contributed by atoms with Gasteiger partial charge in [-0.2, -0.15) is 11.3 Å². The van der Waals surface area contributed by atoms with Crippen molar-refractivity contribution in [3.63, 3.8) is 0 Å². The second-order valence-corrected chi connectivity index (χ2v) is 6.87. The molecule has 1 aromatic heterocycles. The number of hydrogen-bond donors (Lipinski definition) is 0. The lowest BCUT2D eigenvalue weighted by molar-refractivity contribution is 0.306. The lowest BCUT2D eigenvalue weighted by atomic mass is 9.91. The topological polar surface area (TPSA) is 21.6 Å². The van der Waals surface area contributed by atoms with Gasteiger partial charge in [-0.05, 0) is 64.2 Å². The van der Waals surface area contributed by atoms with E-state index in [2.05, 4.69) is 47.7 Å². The van der Waals surface area contributed by atoms with Gasteiger partial charge < -0.3 is 4.74 Å². The second kappa shape index (κ2) is 7.08. The highest BCUT2D eigenvalue weighted by Crippen LogP contribution is 2.33. The Morgan fingerprint density at radius 1 is 1.16 bits per heavy atom. The minimum absolute atomic E-state index is 0.163. The van der Waals surface area contributed by atoms with Crippen LogP contribution in [0.2, 0.25) is 0 Å². The Morgan fingerprint density at radius 3 is 2.80 bits per heavy atom. The van der Waals surface area contributed by atoms with Crippen LogP contribution in [0, 0.1) is 0 Å². The molecule has 1 aliphatic rings. The van der Waals surface area contributed by atoms with Crippen LogP contribution < -0.4 is 4.74 Å². The number of hydrogen-bond acceptors (Lipinski definition) is 3. The molecule has 1 atom stereocenters. The molecule has 0 aliphatic carbocycles. The molecule has 25 heavy (non-hydrogen) atoms. The van der Waals surface area contributed by atoms with Gasteiger partial charge in [-0.15, -0.1) is 0 Å². The summed E-state index contributed by atoms with van der Waals surface area (Å²) in [5, 5.41) is 4.28. The molecule has 3 aromatic rings. The summed E-state index contributed by atoms with van der Waals surface area (Å²) in [5.41, 5.74) is 5.84. The summed E-state index contributed by atoms with van der Waals surface area (Å²) in [6.45, 7) is 4.52. The summed E-state index contributed by atoms with van der Waals surface area (Å²) in [5.74, 6) is 0.900. The Labute approximate surface area is 152 Å². The van der Waals surface area contributed by atoms with Gasteiger partial charge in [0, 0.05) is 5.56 Å². The average Bonchev–Trinajstić information content (AvgIpc) is 3.21. The molecule has 0 amide bonds. The zero-order valence-electron chi connectivity index (χ0n) is 13.9. The van der Waals surface area contributed by atoms with E-state index in [9.17, 15) is 0 Å². The van der Waals surface area contributed by atoms with Gasteiger partial charge in [0.25, 0.3) is 0 Å². The van der Waals surface area contributed by atoms with Crippen LogP contribution in [0.5, 0.6) is 5.75 Å². The molecule has 2 nitrogen and oxygen atoms in total. The third-order valence-corrected chi connectivity index (χ3v) is 5.13. The number of fused-ring (bicyclic) bond motifs is 1. The van der Waals surface area contributed by atoms with E-state index in [1.807, 2.05) is 30.3 Å². The molecule has 1 aliphatic heterocycles. The first-order valence-corrected chi connectivity index (χ1v) is 9.30. The minimum Gasteiger partial charge on any atom is -0.489 e. The van der Waals surface area contributed by atoms with Crippen LogP contribution in [0.4, 0.5) is 0 Å². The number of thiophene rings is 1. The third kappa shape index (κ3) is 3.42. The molecular weight excluding hydrogens is 326 g/mol. The fourth-order valence-electron chi connectivity index (χ4n) is 3.13. The Bertz CT molecular complexity index is 897. The van der Waals surface area contributed by atoms with Crippen LogP contribution in [-0.4, -0.2) is 5.71 Å². The summed E-state index contributed by atoms with van der Waals surface area (Å²) < 4.78 is 5.99. The fourth-order valence-corrected chi connectivity index (χ4v) is 3.84. The maximum absolute atomic E-state index is 5.99. The third-order valence-electron chi connectivity index (χ3n) is 4.43. The van der Waals surface area contributed by atoms with Gasteiger partial charge in [-0.25, -0.2) is 0 Å². The molecule has 1 unspecified atom stereocenters. The molecule has 4 rings (SSSR count). The zero-order chi connectivity index (χ0) is 17.1. The minimum atomic E-state index is 0.163. The number of allylic oxidation sites excluding steroid dienone is 1. The maximum atomic E-state index is 5.99. The maximum Gasteiger partial charge on any atom is 0.120 e. The zero-order valence-corrected chi connectivity index (χ0v) is 14.7. The fraction of sp³-hybridized carbons (Fsp3) is 0.136. The number of nitrogens with zero attached hydrogens (tertiary/aromatic N) is 1. The molecule has 0 fully saturated rings. The Hall–Kier alpha value is -2.65. The molecule has 0 radical (unpaired) electrons. The number of benzene rings is 2. The lowest BCUT2D eigenvalue weighted by Gasteiger charge is -2.22.